The minimum atomic E-state index is -1.84. The summed E-state index contributed by atoms with van der Waals surface area (Å²) in [6.07, 6.45) is 7.81. The van der Waals surface area contributed by atoms with Crippen LogP contribution in [0.5, 0.6) is 0 Å². The van der Waals surface area contributed by atoms with Gasteiger partial charge in [0.05, 0.1) is 43.2 Å². The molecule has 7 rings (SSSR count). The van der Waals surface area contributed by atoms with Gasteiger partial charge in [-0.05, 0) is 62.8 Å². The van der Waals surface area contributed by atoms with Gasteiger partial charge in [0, 0.05) is 59.5 Å². The summed E-state index contributed by atoms with van der Waals surface area (Å²) in [5.41, 5.74) is 0.125. The number of aliphatic hydroxyl groups excluding tert-OH is 1. The van der Waals surface area contributed by atoms with E-state index in [9.17, 15) is 15.0 Å². The third kappa shape index (κ3) is 10.2. The third-order valence-corrected chi connectivity index (χ3v) is 15.1. The number of rotatable bonds is 10. The first-order valence-corrected chi connectivity index (χ1v) is 23.7. The smallest absolute Gasteiger partial charge is 0.316 e. The highest BCUT2D eigenvalue weighted by molar-refractivity contribution is 5.78. The van der Waals surface area contributed by atoms with E-state index in [1.165, 1.54) is 0 Å². The van der Waals surface area contributed by atoms with Crippen molar-refractivity contribution in [3.8, 4) is 0 Å². The topological polar surface area (TPSA) is 168 Å². The largest absolute Gasteiger partial charge is 0.462 e. The van der Waals surface area contributed by atoms with Gasteiger partial charge in [-0.15, -0.1) is 0 Å². The molecule has 366 valence electrons. The predicted molar refractivity (Wildman–Crippen MR) is 238 cm³/mol. The Hall–Kier alpha value is -2.35. The molecule has 65 heavy (non-hydrogen) atoms. The van der Waals surface area contributed by atoms with Gasteiger partial charge in [-0.1, -0.05) is 70.6 Å². The Morgan fingerprint density at radius 3 is 2.26 bits per heavy atom. The summed E-state index contributed by atoms with van der Waals surface area (Å²) in [5, 5.41) is 23.8. The SMILES string of the molecule is CC[C@H](C)[C@H]1O[C@]2(C=C[C@@H]1C)C[C@@H]1C[C@@H](C/C=C(\C)[C@@H](O[C@H]3C[C@H](OC)[C@@H](O[C@H]4O[C@@H](C)[C@@H](OC)[C@@H](OC)[C@@H]4OC)[C@H](C)O3)[C@@H](C)/C=C/C=C3\CO[C@@H]4[C@H](O)C(C)=C[C@@H](C(=O)O1)[C@]34O)O2. The molecule has 0 radical (unpaired) electrons. The average molecular weight is 917 g/mol. The number of allylic oxidation sites excluding steroid dienone is 2. The first kappa shape index (κ1) is 50.5. The van der Waals surface area contributed by atoms with E-state index in [1.54, 1.807) is 47.5 Å². The molecule has 0 aromatic rings. The van der Waals surface area contributed by atoms with Crippen LogP contribution in [0.3, 0.4) is 0 Å². The summed E-state index contributed by atoms with van der Waals surface area (Å²) >= 11 is 0. The molecule has 1 spiro atoms. The minimum Gasteiger partial charge on any atom is -0.462 e. The van der Waals surface area contributed by atoms with Crippen LogP contribution in [0.25, 0.3) is 0 Å². The van der Waals surface area contributed by atoms with E-state index in [0.717, 1.165) is 12.0 Å². The standard InChI is InChI=1S/C50H76O15/c1-13-26(2)41-29(5)19-20-49(65-41)24-35-22-34(64-49)18-17-28(4)40(27(3)15-14-16-33-25-58-46-39(51)30(6)21-36(47(52)61-35)50(33,46)53)62-38-23-37(54-9)42(31(7)59-38)63-48-45(57-12)44(56-11)43(55-10)32(8)60-48/h14-17,19-21,26-27,29,31-32,34-46,48,51,53H,13,18,22-25H2,1-12H3/b15-14+,28-17+,33-16+/t26-,27-,29-,31-,32-,34+,35-,36-,37-,38-,39+,40-,41+,42-,43+,44+,45-,46+,48+,49+,50+/m0/s1. The number of fused-ring (bicyclic) bond motifs is 2. The number of aliphatic hydroxyl groups is 2. The van der Waals surface area contributed by atoms with Gasteiger partial charge < -0.3 is 67.1 Å². The third-order valence-electron chi connectivity index (χ3n) is 15.1. The second-order valence-electron chi connectivity index (χ2n) is 19.5. The van der Waals surface area contributed by atoms with Crippen LogP contribution in [0, 0.1) is 23.7 Å². The van der Waals surface area contributed by atoms with E-state index in [4.69, 9.17) is 56.8 Å². The Morgan fingerprint density at radius 1 is 0.846 bits per heavy atom. The zero-order valence-electron chi connectivity index (χ0n) is 40.5. The van der Waals surface area contributed by atoms with Crippen LogP contribution in [0.4, 0.5) is 0 Å². The Morgan fingerprint density at radius 2 is 1.57 bits per heavy atom. The number of carbonyl (C=O) groups is 1. The lowest BCUT2D eigenvalue weighted by molar-refractivity contribution is -0.346. The van der Waals surface area contributed by atoms with Crippen molar-refractivity contribution in [3.05, 3.63) is 59.3 Å². The molecular weight excluding hydrogens is 841 g/mol. The molecule has 2 bridgehead atoms. The quantitative estimate of drug-likeness (QED) is 0.204. The Labute approximate surface area is 385 Å². The van der Waals surface area contributed by atoms with Gasteiger partial charge in [-0.25, -0.2) is 0 Å². The fourth-order valence-corrected chi connectivity index (χ4v) is 11.1. The first-order chi connectivity index (χ1) is 31.0. The van der Waals surface area contributed by atoms with Crippen molar-refractivity contribution in [2.24, 2.45) is 23.7 Å². The maximum absolute atomic E-state index is 14.4. The van der Waals surface area contributed by atoms with E-state index in [2.05, 4.69) is 39.8 Å². The van der Waals surface area contributed by atoms with Gasteiger partial charge in [0.2, 0.25) is 0 Å². The van der Waals surface area contributed by atoms with Crippen molar-refractivity contribution < 1.29 is 71.8 Å². The van der Waals surface area contributed by atoms with Crippen molar-refractivity contribution >= 4 is 5.97 Å². The van der Waals surface area contributed by atoms with Gasteiger partial charge in [-0.3, -0.25) is 4.79 Å². The van der Waals surface area contributed by atoms with E-state index >= 15 is 0 Å². The molecule has 0 unspecified atom stereocenters. The van der Waals surface area contributed by atoms with E-state index < -0.39 is 96.9 Å². The van der Waals surface area contributed by atoms with Crippen LogP contribution in [-0.4, -0.2) is 155 Å². The molecule has 4 fully saturated rings. The average Bonchev–Trinajstić information content (AvgIpc) is 3.62. The summed E-state index contributed by atoms with van der Waals surface area (Å²) in [6, 6.07) is 0. The molecule has 2 N–H and O–H groups in total. The molecule has 7 aliphatic rings. The van der Waals surface area contributed by atoms with E-state index in [0.29, 0.717) is 36.8 Å². The highest BCUT2D eigenvalue weighted by atomic mass is 16.7. The molecule has 4 saturated heterocycles. The van der Waals surface area contributed by atoms with Gasteiger partial charge in [-0.2, -0.15) is 0 Å². The number of carbonyl (C=O) groups excluding carboxylic acids is 1. The summed E-state index contributed by atoms with van der Waals surface area (Å²) < 4.78 is 76.3. The van der Waals surface area contributed by atoms with Crippen molar-refractivity contribution in [3.63, 3.8) is 0 Å². The minimum absolute atomic E-state index is 0.0292. The number of hydrogen-bond acceptors (Lipinski definition) is 15. The second kappa shape index (κ2) is 21.1. The summed E-state index contributed by atoms with van der Waals surface area (Å²) in [5.74, 6) is -2.59. The normalized spacial score (nSPS) is 48.6. The molecule has 15 heteroatoms. The lowest BCUT2D eigenvalue weighted by atomic mass is 9.71. The van der Waals surface area contributed by atoms with Gasteiger partial charge >= 0.3 is 5.97 Å². The van der Waals surface area contributed by atoms with Gasteiger partial charge in [0.1, 0.15) is 54.2 Å². The van der Waals surface area contributed by atoms with Crippen LogP contribution in [0.15, 0.2) is 59.3 Å². The fourth-order valence-electron chi connectivity index (χ4n) is 11.1. The van der Waals surface area contributed by atoms with Crippen LogP contribution >= 0.6 is 0 Å². The van der Waals surface area contributed by atoms with Crippen molar-refractivity contribution in [1.82, 2.24) is 0 Å². The van der Waals surface area contributed by atoms with Gasteiger partial charge in [0.25, 0.3) is 0 Å². The predicted octanol–water partition coefficient (Wildman–Crippen LogP) is 5.66. The molecular formula is C50H76O15. The maximum Gasteiger partial charge on any atom is 0.316 e. The summed E-state index contributed by atoms with van der Waals surface area (Å²) in [7, 11) is 6.50. The number of esters is 1. The lowest BCUT2D eigenvalue weighted by Gasteiger charge is -2.48. The zero-order chi connectivity index (χ0) is 47.0. The molecule has 21 atom stereocenters. The number of hydrogen-bond donors (Lipinski definition) is 2. The summed E-state index contributed by atoms with van der Waals surface area (Å²) in [4.78, 5) is 14.4. The van der Waals surface area contributed by atoms with E-state index in [1.807, 2.05) is 39.0 Å². The highest BCUT2D eigenvalue weighted by Crippen LogP contribution is 2.47. The molecule has 0 aromatic carbocycles. The van der Waals surface area contributed by atoms with Crippen LogP contribution < -0.4 is 0 Å². The maximum atomic E-state index is 14.4. The number of methoxy groups -OCH3 is 4. The Kier molecular flexibility index (Phi) is 16.4. The fraction of sp³-hybridized carbons (Fsp3) is 0.780. The molecule has 1 aliphatic carbocycles. The summed E-state index contributed by atoms with van der Waals surface area (Å²) in [6.45, 7) is 16.2. The molecule has 6 aliphatic heterocycles. The van der Waals surface area contributed by atoms with E-state index in [-0.39, 0.29) is 42.7 Å². The van der Waals surface area contributed by atoms with Crippen LogP contribution in [0.2, 0.25) is 0 Å². The van der Waals surface area contributed by atoms with Gasteiger partial charge in [0.15, 0.2) is 18.4 Å². The second-order valence-corrected chi connectivity index (χ2v) is 19.5. The molecule has 0 saturated carbocycles. The lowest BCUT2D eigenvalue weighted by Crippen LogP contribution is -2.62. The first-order valence-electron chi connectivity index (χ1n) is 23.7. The highest BCUT2D eigenvalue weighted by Gasteiger charge is 2.60. The Bertz CT molecular complexity index is 1800. The zero-order valence-corrected chi connectivity index (χ0v) is 40.5. The van der Waals surface area contributed by atoms with Crippen molar-refractivity contribution in [2.45, 2.75) is 191 Å². The monoisotopic (exact) mass is 917 g/mol. The molecule has 6 heterocycles. The molecule has 15 nitrogen and oxygen atoms in total. The Balaban J connectivity index is 1.18. The van der Waals surface area contributed by atoms with Crippen molar-refractivity contribution in [1.29, 1.82) is 0 Å². The molecule has 0 amide bonds. The molecule has 0 aromatic heterocycles. The van der Waals surface area contributed by atoms with Crippen LogP contribution in [0.1, 0.15) is 87.5 Å². The van der Waals surface area contributed by atoms with Crippen LogP contribution in [-0.2, 0) is 61.6 Å². The van der Waals surface area contributed by atoms with Crippen molar-refractivity contribution in [2.75, 3.05) is 35.0 Å². The number of ether oxygens (including phenoxy) is 12.